The van der Waals surface area contributed by atoms with Crippen LogP contribution in [0.1, 0.15) is 21.5 Å². The summed E-state index contributed by atoms with van der Waals surface area (Å²) in [5.41, 5.74) is 1.84. The van der Waals surface area contributed by atoms with Crippen LogP contribution in [0.2, 0.25) is 5.02 Å². The van der Waals surface area contributed by atoms with E-state index in [2.05, 4.69) is 0 Å². The third-order valence-electron chi connectivity index (χ3n) is 3.37. The first-order valence-electron chi connectivity index (χ1n) is 6.62. The minimum Gasteiger partial charge on any atom is -0.493 e. The van der Waals surface area contributed by atoms with Crippen molar-refractivity contribution in [2.24, 2.45) is 0 Å². The first-order chi connectivity index (χ1) is 10.5. The predicted octanol–water partition coefficient (Wildman–Crippen LogP) is 3.91. The lowest BCUT2D eigenvalue weighted by Gasteiger charge is -2.14. The second kappa shape index (κ2) is 6.71. The van der Waals surface area contributed by atoms with Crippen molar-refractivity contribution in [2.75, 3.05) is 21.3 Å². The monoisotopic (exact) mass is 320 g/mol. The number of carbonyl (C=O) groups excluding carboxylic acids is 1. The zero-order valence-electron chi connectivity index (χ0n) is 12.9. The van der Waals surface area contributed by atoms with Crippen LogP contribution in [0, 0.1) is 6.92 Å². The number of ketones is 1. The van der Waals surface area contributed by atoms with Crippen LogP contribution < -0.4 is 14.2 Å². The Morgan fingerprint density at radius 1 is 0.955 bits per heavy atom. The highest BCUT2D eigenvalue weighted by Gasteiger charge is 2.19. The summed E-state index contributed by atoms with van der Waals surface area (Å²) in [5, 5.41) is 0.515. The van der Waals surface area contributed by atoms with Crippen LogP contribution in [-0.2, 0) is 0 Å². The van der Waals surface area contributed by atoms with E-state index in [0.29, 0.717) is 33.4 Å². The fourth-order valence-corrected chi connectivity index (χ4v) is 2.38. The molecular weight excluding hydrogens is 304 g/mol. The molecule has 0 bridgehead atoms. The standard InChI is InChI=1S/C17H17ClO4/c1-10-5-6-12(18)9-13(10)16(19)11-7-14(20-2)17(22-4)15(8-11)21-3/h5-9H,1-4H3. The molecule has 0 spiro atoms. The Hall–Kier alpha value is -2.20. The minimum atomic E-state index is -0.153. The molecule has 0 radical (unpaired) electrons. The van der Waals surface area contributed by atoms with Gasteiger partial charge in [0.05, 0.1) is 21.3 Å². The van der Waals surface area contributed by atoms with Gasteiger partial charge in [-0.05, 0) is 36.8 Å². The first kappa shape index (κ1) is 16.2. The maximum atomic E-state index is 12.7. The minimum absolute atomic E-state index is 0.153. The topological polar surface area (TPSA) is 44.8 Å². The van der Waals surface area contributed by atoms with Gasteiger partial charge in [0, 0.05) is 16.1 Å². The molecule has 0 N–H and O–H groups in total. The highest BCUT2D eigenvalue weighted by molar-refractivity contribution is 6.31. The van der Waals surface area contributed by atoms with E-state index < -0.39 is 0 Å². The van der Waals surface area contributed by atoms with E-state index in [9.17, 15) is 4.79 Å². The van der Waals surface area contributed by atoms with Crippen LogP contribution in [0.25, 0.3) is 0 Å². The molecule has 2 aromatic carbocycles. The van der Waals surface area contributed by atoms with Crippen LogP contribution in [0.4, 0.5) is 0 Å². The molecule has 2 aromatic rings. The van der Waals surface area contributed by atoms with E-state index in [1.165, 1.54) is 21.3 Å². The van der Waals surface area contributed by atoms with Crippen LogP contribution >= 0.6 is 11.6 Å². The zero-order valence-corrected chi connectivity index (χ0v) is 13.7. The first-order valence-corrected chi connectivity index (χ1v) is 7.00. The van der Waals surface area contributed by atoms with Crippen molar-refractivity contribution in [1.29, 1.82) is 0 Å². The van der Waals surface area contributed by atoms with Gasteiger partial charge in [0.1, 0.15) is 0 Å². The number of hydrogen-bond donors (Lipinski definition) is 0. The quantitative estimate of drug-likeness (QED) is 0.784. The van der Waals surface area contributed by atoms with Gasteiger partial charge in [0.2, 0.25) is 5.75 Å². The van der Waals surface area contributed by atoms with E-state index >= 15 is 0 Å². The molecule has 0 saturated heterocycles. The lowest BCUT2D eigenvalue weighted by Crippen LogP contribution is -2.06. The molecule has 5 heteroatoms. The number of halogens is 1. The molecule has 2 rings (SSSR count). The fourth-order valence-electron chi connectivity index (χ4n) is 2.21. The summed E-state index contributed by atoms with van der Waals surface area (Å²) >= 11 is 5.99. The van der Waals surface area contributed by atoms with Gasteiger partial charge in [-0.25, -0.2) is 0 Å². The molecule has 116 valence electrons. The Bertz CT molecular complexity index is 685. The SMILES string of the molecule is COc1cc(C(=O)c2cc(Cl)ccc2C)cc(OC)c1OC. The van der Waals surface area contributed by atoms with Gasteiger partial charge in [-0.3, -0.25) is 4.79 Å². The van der Waals surface area contributed by atoms with Crippen molar-refractivity contribution < 1.29 is 19.0 Å². The smallest absolute Gasteiger partial charge is 0.203 e. The second-order valence-corrected chi connectivity index (χ2v) is 5.14. The van der Waals surface area contributed by atoms with Gasteiger partial charge < -0.3 is 14.2 Å². The predicted molar refractivity (Wildman–Crippen MR) is 85.7 cm³/mol. The molecular formula is C17H17ClO4. The molecule has 0 aliphatic rings. The van der Waals surface area contributed by atoms with Crippen LogP contribution in [0.3, 0.4) is 0 Å². The lowest BCUT2D eigenvalue weighted by atomic mass is 9.98. The highest BCUT2D eigenvalue weighted by atomic mass is 35.5. The van der Waals surface area contributed by atoms with Crippen molar-refractivity contribution in [1.82, 2.24) is 0 Å². The Kier molecular flexibility index (Phi) is 4.93. The van der Waals surface area contributed by atoms with Crippen molar-refractivity contribution in [3.63, 3.8) is 0 Å². The number of hydrogen-bond acceptors (Lipinski definition) is 4. The van der Waals surface area contributed by atoms with E-state index in [-0.39, 0.29) is 5.78 Å². The van der Waals surface area contributed by atoms with Crippen molar-refractivity contribution in [3.05, 3.63) is 52.0 Å². The molecule has 4 nitrogen and oxygen atoms in total. The summed E-state index contributed by atoms with van der Waals surface area (Å²) in [6, 6.07) is 8.48. The highest BCUT2D eigenvalue weighted by Crippen LogP contribution is 2.38. The number of benzene rings is 2. The Morgan fingerprint density at radius 2 is 1.55 bits per heavy atom. The molecule has 0 fully saturated rings. The average molecular weight is 321 g/mol. The Morgan fingerprint density at radius 3 is 2.05 bits per heavy atom. The largest absolute Gasteiger partial charge is 0.493 e. The van der Waals surface area contributed by atoms with Crippen LogP contribution in [0.5, 0.6) is 17.2 Å². The zero-order chi connectivity index (χ0) is 16.3. The van der Waals surface area contributed by atoms with Gasteiger partial charge in [0.25, 0.3) is 0 Å². The van der Waals surface area contributed by atoms with Crippen LogP contribution in [0.15, 0.2) is 30.3 Å². The summed E-state index contributed by atoms with van der Waals surface area (Å²) in [5.74, 6) is 1.17. The summed E-state index contributed by atoms with van der Waals surface area (Å²) < 4.78 is 15.8. The van der Waals surface area contributed by atoms with Crippen molar-refractivity contribution >= 4 is 17.4 Å². The van der Waals surface area contributed by atoms with Gasteiger partial charge in [0.15, 0.2) is 17.3 Å². The molecule has 0 unspecified atom stereocenters. The van der Waals surface area contributed by atoms with Gasteiger partial charge in [-0.15, -0.1) is 0 Å². The van der Waals surface area contributed by atoms with Gasteiger partial charge in [-0.1, -0.05) is 17.7 Å². The van der Waals surface area contributed by atoms with Gasteiger partial charge in [-0.2, -0.15) is 0 Å². The second-order valence-electron chi connectivity index (χ2n) is 4.70. The summed E-state index contributed by atoms with van der Waals surface area (Å²) in [4.78, 5) is 12.7. The summed E-state index contributed by atoms with van der Waals surface area (Å²) in [6.07, 6.45) is 0. The van der Waals surface area contributed by atoms with E-state index in [1.54, 1.807) is 24.3 Å². The van der Waals surface area contributed by atoms with Crippen molar-refractivity contribution in [3.8, 4) is 17.2 Å². The van der Waals surface area contributed by atoms with E-state index in [1.807, 2.05) is 13.0 Å². The number of aryl methyl sites for hydroxylation is 1. The number of methoxy groups -OCH3 is 3. The third kappa shape index (κ3) is 3.02. The summed E-state index contributed by atoms with van der Waals surface area (Å²) in [6.45, 7) is 1.86. The molecule has 0 saturated carbocycles. The maximum Gasteiger partial charge on any atom is 0.203 e. The maximum absolute atomic E-state index is 12.7. The summed E-state index contributed by atoms with van der Waals surface area (Å²) in [7, 11) is 4.54. The molecule has 22 heavy (non-hydrogen) atoms. The van der Waals surface area contributed by atoms with E-state index in [4.69, 9.17) is 25.8 Å². The molecule has 0 aromatic heterocycles. The Balaban J connectivity index is 2.56. The van der Waals surface area contributed by atoms with Crippen molar-refractivity contribution in [2.45, 2.75) is 6.92 Å². The number of rotatable bonds is 5. The average Bonchev–Trinajstić information content (AvgIpc) is 2.54. The number of carbonyl (C=O) groups is 1. The number of ether oxygens (including phenoxy) is 3. The molecule has 0 heterocycles. The molecule has 0 aliphatic carbocycles. The Labute approximate surface area is 134 Å². The normalized spacial score (nSPS) is 10.2. The fraction of sp³-hybridized carbons (Fsp3) is 0.235. The lowest BCUT2D eigenvalue weighted by molar-refractivity contribution is 0.103. The van der Waals surface area contributed by atoms with Crippen LogP contribution in [-0.4, -0.2) is 27.1 Å². The molecule has 0 amide bonds. The molecule has 0 atom stereocenters. The third-order valence-corrected chi connectivity index (χ3v) is 3.61. The van der Waals surface area contributed by atoms with E-state index in [0.717, 1.165) is 5.56 Å². The van der Waals surface area contributed by atoms with Gasteiger partial charge >= 0.3 is 0 Å². The molecule has 0 aliphatic heterocycles.